The van der Waals surface area contributed by atoms with Crippen molar-refractivity contribution in [3.63, 3.8) is 0 Å². The van der Waals surface area contributed by atoms with Crippen molar-refractivity contribution in [3.8, 4) is 0 Å². The first-order valence-electron chi connectivity index (χ1n) is 8.75. The summed E-state index contributed by atoms with van der Waals surface area (Å²) in [5.74, 6) is 1.43. The van der Waals surface area contributed by atoms with E-state index < -0.39 is 0 Å². The number of thioether (sulfide) groups is 2. The van der Waals surface area contributed by atoms with Crippen LogP contribution in [0, 0.1) is 0 Å². The normalized spacial score (nSPS) is 15.6. The van der Waals surface area contributed by atoms with Crippen LogP contribution in [-0.2, 0) is 17.1 Å². The van der Waals surface area contributed by atoms with E-state index in [9.17, 15) is 4.79 Å². The first-order valence-corrected chi connectivity index (χ1v) is 11.0. The lowest BCUT2D eigenvalue weighted by Crippen LogP contribution is -2.27. The summed E-state index contributed by atoms with van der Waals surface area (Å²) in [6, 6.07) is 23.9. The first-order chi connectivity index (χ1) is 13.7. The van der Waals surface area contributed by atoms with Crippen LogP contribution in [-0.4, -0.2) is 15.1 Å². The smallest absolute Gasteiger partial charge is 0.266 e. The predicted molar refractivity (Wildman–Crippen MR) is 120 cm³/mol. The molecule has 3 aromatic rings. The monoisotopic (exact) mass is 423 g/mol. The summed E-state index contributed by atoms with van der Waals surface area (Å²) in [7, 11) is 0. The molecule has 0 N–H and O–H groups in total. The Balaban J connectivity index is 1.42. The molecule has 1 saturated heterocycles. The van der Waals surface area contributed by atoms with Crippen molar-refractivity contribution in [2.45, 2.75) is 17.4 Å². The van der Waals surface area contributed by atoms with Crippen molar-refractivity contribution in [2.75, 3.05) is 0 Å². The molecule has 28 heavy (non-hydrogen) atoms. The van der Waals surface area contributed by atoms with Gasteiger partial charge in [-0.2, -0.15) is 0 Å². The Bertz CT molecular complexity index is 1010. The van der Waals surface area contributed by atoms with E-state index in [1.807, 2.05) is 60.7 Å². The topological polar surface area (TPSA) is 33.5 Å². The fourth-order valence-corrected chi connectivity index (χ4v) is 4.81. The zero-order valence-corrected chi connectivity index (χ0v) is 17.4. The highest BCUT2D eigenvalue weighted by molar-refractivity contribution is 8.26. The number of hydrogen-bond donors (Lipinski definition) is 0. The van der Waals surface area contributed by atoms with Crippen LogP contribution in [0.15, 0.2) is 87.2 Å². The average molecular weight is 424 g/mol. The van der Waals surface area contributed by atoms with E-state index in [4.69, 9.17) is 16.6 Å². The van der Waals surface area contributed by atoms with Gasteiger partial charge in [-0.25, -0.2) is 0 Å². The standard InChI is InChI=1S/C22H17NO2S3/c24-21-19(28-22(26)23(21)14-16-7-3-1-4-8-16)13-18-11-12-20(25-18)27-15-17-9-5-2-6-10-17/h1-13H,14-15H2/b19-13-. The fourth-order valence-electron chi connectivity index (χ4n) is 2.75. The molecule has 140 valence electrons. The number of rotatable bonds is 6. The second-order valence-corrected chi connectivity index (χ2v) is 8.84. The Hall–Kier alpha value is -2.28. The molecule has 0 saturated carbocycles. The number of benzene rings is 2. The third-order valence-electron chi connectivity index (χ3n) is 4.16. The maximum absolute atomic E-state index is 12.7. The van der Waals surface area contributed by atoms with E-state index >= 15 is 0 Å². The van der Waals surface area contributed by atoms with Crippen LogP contribution in [0.5, 0.6) is 0 Å². The number of amides is 1. The Labute approximate surface area is 177 Å². The molecular formula is C22H17NO2S3. The Morgan fingerprint density at radius 1 is 0.964 bits per heavy atom. The molecule has 0 aliphatic carbocycles. The molecule has 4 rings (SSSR count). The van der Waals surface area contributed by atoms with Crippen molar-refractivity contribution in [2.24, 2.45) is 0 Å². The number of carbonyl (C=O) groups is 1. The highest BCUT2D eigenvalue weighted by Crippen LogP contribution is 2.34. The predicted octanol–water partition coefficient (Wildman–Crippen LogP) is 5.97. The van der Waals surface area contributed by atoms with E-state index in [0.717, 1.165) is 16.4 Å². The number of thiocarbonyl (C=S) groups is 1. The van der Waals surface area contributed by atoms with E-state index in [-0.39, 0.29) is 5.91 Å². The fraction of sp³-hybridized carbons (Fsp3) is 0.0909. The second kappa shape index (κ2) is 8.82. The molecule has 1 fully saturated rings. The minimum atomic E-state index is -0.0752. The van der Waals surface area contributed by atoms with Crippen molar-refractivity contribution in [3.05, 3.63) is 94.6 Å². The van der Waals surface area contributed by atoms with Crippen LogP contribution in [0.2, 0.25) is 0 Å². The van der Waals surface area contributed by atoms with Crippen molar-refractivity contribution >= 4 is 52.0 Å². The van der Waals surface area contributed by atoms with Gasteiger partial charge in [-0.1, -0.05) is 96.4 Å². The second-order valence-electron chi connectivity index (χ2n) is 6.18. The van der Waals surface area contributed by atoms with Crippen LogP contribution < -0.4 is 0 Å². The first kappa shape index (κ1) is 19.1. The molecule has 1 aliphatic heterocycles. The van der Waals surface area contributed by atoms with E-state index in [0.29, 0.717) is 21.5 Å². The molecule has 6 heteroatoms. The third kappa shape index (κ3) is 4.58. The average Bonchev–Trinajstić information content (AvgIpc) is 3.28. The van der Waals surface area contributed by atoms with Gasteiger partial charge in [-0.3, -0.25) is 9.69 Å². The van der Waals surface area contributed by atoms with Gasteiger partial charge in [-0.15, -0.1) is 0 Å². The molecular weight excluding hydrogens is 406 g/mol. The highest BCUT2D eigenvalue weighted by Gasteiger charge is 2.32. The van der Waals surface area contributed by atoms with Crippen molar-refractivity contribution in [1.29, 1.82) is 0 Å². The summed E-state index contributed by atoms with van der Waals surface area (Å²) in [4.78, 5) is 15.0. The van der Waals surface area contributed by atoms with Crippen LogP contribution in [0.3, 0.4) is 0 Å². The van der Waals surface area contributed by atoms with Crippen LogP contribution in [0.1, 0.15) is 16.9 Å². The minimum absolute atomic E-state index is 0.0752. The Morgan fingerprint density at radius 2 is 1.64 bits per heavy atom. The van der Waals surface area contributed by atoms with Crippen LogP contribution in [0.25, 0.3) is 6.08 Å². The maximum atomic E-state index is 12.7. The summed E-state index contributed by atoms with van der Waals surface area (Å²) in [5, 5.41) is 0.829. The molecule has 2 heterocycles. The van der Waals surface area contributed by atoms with E-state index in [1.165, 1.54) is 17.3 Å². The Morgan fingerprint density at radius 3 is 2.36 bits per heavy atom. The number of hydrogen-bond acceptors (Lipinski definition) is 5. The van der Waals surface area contributed by atoms with Crippen LogP contribution >= 0.6 is 35.7 Å². The van der Waals surface area contributed by atoms with Gasteiger partial charge in [0.25, 0.3) is 5.91 Å². The quantitative estimate of drug-likeness (QED) is 0.277. The largest absolute Gasteiger partial charge is 0.450 e. The summed E-state index contributed by atoms with van der Waals surface area (Å²) in [6.45, 7) is 0.485. The number of carbonyl (C=O) groups excluding carboxylic acids is 1. The minimum Gasteiger partial charge on any atom is -0.450 e. The van der Waals surface area contributed by atoms with Crippen molar-refractivity contribution in [1.82, 2.24) is 4.90 Å². The molecule has 1 amide bonds. The van der Waals surface area contributed by atoms with Gasteiger partial charge in [0.05, 0.1) is 11.4 Å². The summed E-state index contributed by atoms with van der Waals surface area (Å²) < 4.78 is 6.44. The summed E-state index contributed by atoms with van der Waals surface area (Å²) in [5.41, 5.74) is 2.30. The lowest BCUT2D eigenvalue weighted by atomic mass is 10.2. The van der Waals surface area contributed by atoms with Gasteiger partial charge < -0.3 is 4.42 Å². The maximum Gasteiger partial charge on any atom is 0.266 e. The van der Waals surface area contributed by atoms with Crippen molar-refractivity contribution < 1.29 is 9.21 Å². The molecule has 1 aromatic heterocycles. The molecule has 2 aromatic carbocycles. The molecule has 0 unspecified atom stereocenters. The molecule has 0 atom stereocenters. The molecule has 3 nitrogen and oxygen atoms in total. The van der Waals surface area contributed by atoms with Crippen LogP contribution in [0.4, 0.5) is 0 Å². The van der Waals surface area contributed by atoms with Gasteiger partial charge in [0.15, 0.2) is 5.09 Å². The highest BCUT2D eigenvalue weighted by atomic mass is 32.2. The summed E-state index contributed by atoms with van der Waals surface area (Å²) in [6.07, 6.45) is 1.77. The van der Waals surface area contributed by atoms with E-state index in [1.54, 1.807) is 22.7 Å². The zero-order chi connectivity index (χ0) is 19.3. The van der Waals surface area contributed by atoms with Gasteiger partial charge in [-0.05, 0) is 23.3 Å². The van der Waals surface area contributed by atoms with Gasteiger partial charge in [0.2, 0.25) is 0 Å². The molecule has 0 bridgehead atoms. The van der Waals surface area contributed by atoms with Gasteiger partial charge in [0, 0.05) is 11.8 Å². The Kier molecular flexibility index (Phi) is 6.00. The number of furan rings is 1. The molecule has 1 aliphatic rings. The van der Waals surface area contributed by atoms with E-state index in [2.05, 4.69) is 12.1 Å². The molecule has 0 spiro atoms. The number of nitrogens with zero attached hydrogens (tertiary/aromatic N) is 1. The van der Waals surface area contributed by atoms with Gasteiger partial charge >= 0.3 is 0 Å². The lowest BCUT2D eigenvalue weighted by molar-refractivity contribution is -0.122. The lowest BCUT2D eigenvalue weighted by Gasteiger charge is -2.14. The SMILES string of the molecule is O=C1/C(=C/c2ccc(SCc3ccccc3)o2)SC(=S)N1Cc1ccccc1. The third-order valence-corrected chi connectivity index (χ3v) is 6.52. The van der Waals surface area contributed by atoms with Gasteiger partial charge in [0.1, 0.15) is 10.1 Å². The molecule has 0 radical (unpaired) electrons. The zero-order valence-electron chi connectivity index (χ0n) is 14.9. The summed E-state index contributed by atoms with van der Waals surface area (Å²) >= 11 is 8.35.